The molecule has 2 N–H and O–H groups in total. The first-order valence-corrected chi connectivity index (χ1v) is 6.67. The van der Waals surface area contributed by atoms with Gasteiger partial charge < -0.3 is 10.4 Å². The van der Waals surface area contributed by atoms with E-state index in [1.54, 1.807) is 6.08 Å². The summed E-state index contributed by atoms with van der Waals surface area (Å²) in [5.74, 6) is -1.06. The van der Waals surface area contributed by atoms with Gasteiger partial charge in [-0.15, -0.1) is 0 Å². The van der Waals surface area contributed by atoms with E-state index in [-0.39, 0.29) is 11.8 Å². The first kappa shape index (κ1) is 16.7. The molecular formula is C14H25NO3. The Hall–Kier alpha value is -1.32. The van der Waals surface area contributed by atoms with Gasteiger partial charge in [-0.1, -0.05) is 39.7 Å². The molecule has 0 aliphatic heterocycles. The predicted molar refractivity (Wildman–Crippen MR) is 72.3 cm³/mol. The molecule has 0 fully saturated rings. The first-order chi connectivity index (χ1) is 8.47. The summed E-state index contributed by atoms with van der Waals surface area (Å²) < 4.78 is 0. The quantitative estimate of drug-likeness (QED) is 0.492. The zero-order valence-electron chi connectivity index (χ0n) is 11.6. The largest absolute Gasteiger partial charge is 0.480 e. The van der Waals surface area contributed by atoms with Crippen LogP contribution in [0.5, 0.6) is 0 Å². The van der Waals surface area contributed by atoms with Crippen molar-refractivity contribution >= 4 is 11.9 Å². The van der Waals surface area contributed by atoms with Crippen molar-refractivity contribution in [3.63, 3.8) is 0 Å². The third-order valence-corrected chi connectivity index (χ3v) is 2.57. The molecule has 0 bridgehead atoms. The topological polar surface area (TPSA) is 66.4 Å². The molecule has 0 saturated carbocycles. The van der Waals surface area contributed by atoms with Crippen molar-refractivity contribution in [2.75, 3.05) is 0 Å². The van der Waals surface area contributed by atoms with Gasteiger partial charge in [0.15, 0.2) is 0 Å². The summed E-state index contributed by atoms with van der Waals surface area (Å²) in [7, 11) is 0. The molecule has 0 aromatic carbocycles. The van der Waals surface area contributed by atoms with Crippen molar-refractivity contribution in [2.45, 2.75) is 58.9 Å². The van der Waals surface area contributed by atoms with E-state index in [0.717, 1.165) is 25.7 Å². The van der Waals surface area contributed by atoms with E-state index in [9.17, 15) is 9.59 Å². The number of amides is 1. The lowest BCUT2D eigenvalue weighted by Crippen LogP contribution is -2.40. The van der Waals surface area contributed by atoms with Gasteiger partial charge >= 0.3 is 5.97 Å². The third-order valence-electron chi connectivity index (χ3n) is 2.57. The molecule has 18 heavy (non-hydrogen) atoms. The Bertz CT molecular complexity index is 285. The molecule has 0 saturated heterocycles. The van der Waals surface area contributed by atoms with E-state index in [0.29, 0.717) is 6.42 Å². The molecule has 1 atom stereocenters. The van der Waals surface area contributed by atoms with E-state index in [1.807, 2.05) is 13.8 Å². The summed E-state index contributed by atoms with van der Waals surface area (Å²) in [4.78, 5) is 22.5. The number of carbonyl (C=O) groups is 2. The molecule has 4 heteroatoms. The highest BCUT2D eigenvalue weighted by atomic mass is 16.4. The van der Waals surface area contributed by atoms with E-state index in [4.69, 9.17) is 5.11 Å². The Labute approximate surface area is 109 Å². The van der Waals surface area contributed by atoms with Crippen molar-refractivity contribution < 1.29 is 14.7 Å². The van der Waals surface area contributed by atoms with Gasteiger partial charge in [-0.05, 0) is 31.3 Å². The molecule has 0 aliphatic rings. The van der Waals surface area contributed by atoms with Crippen molar-refractivity contribution in [1.82, 2.24) is 5.32 Å². The normalized spacial score (nSPS) is 12.9. The fourth-order valence-electron chi connectivity index (χ4n) is 1.62. The van der Waals surface area contributed by atoms with Crippen molar-refractivity contribution in [3.8, 4) is 0 Å². The fourth-order valence-corrected chi connectivity index (χ4v) is 1.62. The number of rotatable bonds is 9. The van der Waals surface area contributed by atoms with Crippen LogP contribution in [0.1, 0.15) is 52.9 Å². The van der Waals surface area contributed by atoms with Crippen LogP contribution in [-0.4, -0.2) is 23.0 Å². The van der Waals surface area contributed by atoms with Crippen LogP contribution in [0.25, 0.3) is 0 Å². The molecule has 0 heterocycles. The molecule has 1 unspecified atom stereocenters. The third kappa shape index (κ3) is 8.79. The van der Waals surface area contributed by atoms with Gasteiger partial charge in [-0.3, -0.25) is 4.79 Å². The Morgan fingerprint density at radius 1 is 1.28 bits per heavy atom. The smallest absolute Gasteiger partial charge is 0.326 e. The molecule has 0 aliphatic carbocycles. The van der Waals surface area contributed by atoms with Crippen molar-refractivity contribution in [2.24, 2.45) is 5.92 Å². The van der Waals surface area contributed by atoms with Crippen LogP contribution in [0.2, 0.25) is 0 Å². The molecule has 4 nitrogen and oxygen atoms in total. The van der Waals surface area contributed by atoms with Gasteiger partial charge in [0.2, 0.25) is 5.91 Å². The standard InChI is InChI=1S/C14H25NO3/c1-4-5-6-7-8-9-13(16)15-12(14(17)18)10-11(2)3/h8-9,11-12H,4-7,10H2,1-3H3,(H,15,16)(H,17,18). The summed E-state index contributed by atoms with van der Waals surface area (Å²) in [6, 6.07) is -0.794. The van der Waals surface area contributed by atoms with E-state index >= 15 is 0 Å². The molecule has 1 amide bonds. The van der Waals surface area contributed by atoms with Gasteiger partial charge in [-0.2, -0.15) is 0 Å². The lowest BCUT2D eigenvalue weighted by atomic mass is 10.0. The Kier molecular flexibility index (Phi) is 8.97. The van der Waals surface area contributed by atoms with Gasteiger partial charge in [-0.25, -0.2) is 4.79 Å². The summed E-state index contributed by atoms with van der Waals surface area (Å²) in [5, 5.41) is 11.5. The Morgan fingerprint density at radius 2 is 1.94 bits per heavy atom. The maximum absolute atomic E-state index is 11.5. The molecule has 0 spiro atoms. The number of unbranched alkanes of at least 4 members (excludes halogenated alkanes) is 3. The van der Waals surface area contributed by atoms with Gasteiger partial charge in [0.05, 0.1) is 0 Å². The van der Waals surface area contributed by atoms with Crippen LogP contribution in [-0.2, 0) is 9.59 Å². The first-order valence-electron chi connectivity index (χ1n) is 6.67. The molecule has 0 aromatic rings. The average molecular weight is 255 g/mol. The highest BCUT2D eigenvalue weighted by Gasteiger charge is 2.19. The minimum Gasteiger partial charge on any atom is -0.480 e. The van der Waals surface area contributed by atoms with E-state index in [2.05, 4.69) is 12.2 Å². The number of carbonyl (C=O) groups excluding carboxylic acids is 1. The minimum absolute atomic E-state index is 0.236. The highest BCUT2D eigenvalue weighted by Crippen LogP contribution is 2.05. The van der Waals surface area contributed by atoms with Crippen molar-refractivity contribution in [3.05, 3.63) is 12.2 Å². The van der Waals surface area contributed by atoms with Crippen LogP contribution < -0.4 is 5.32 Å². The van der Waals surface area contributed by atoms with Crippen LogP contribution in [0.3, 0.4) is 0 Å². The molecule has 0 aromatic heterocycles. The fraction of sp³-hybridized carbons (Fsp3) is 0.714. The Morgan fingerprint density at radius 3 is 2.44 bits per heavy atom. The van der Waals surface area contributed by atoms with E-state index in [1.165, 1.54) is 6.08 Å². The second-order valence-corrected chi connectivity index (χ2v) is 4.93. The second kappa shape index (κ2) is 9.68. The molecular weight excluding hydrogens is 230 g/mol. The van der Waals surface area contributed by atoms with Gasteiger partial charge in [0.25, 0.3) is 0 Å². The summed E-state index contributed by atoms with van der Waals surface area (Å²) in [5.41, 5.74) is 0. The SMILES string of the molecule is CCCCCC=CC(=O)NC(CC(C)C)C(=O)O. The van der Waals surface area contributed by atoms with Crippen LogP contribution in [0.15, 0.2) is 12.2 Å². The monoisotopic (exact) mass is 255 g/mol. The number of hydrogen-bond acceptors (Lipinski definition) is 2. The second-order valence-electron chi connectivity index (χ2n) is 4.93. The van der Waals surface area contributed by atoms with Gasteiger partial charge in [0.1, 0.15) is 6.04 Å². The van der Waals surface area contributed by atoms with Crippen molar-refractivity contribution in [1.29, 1.82) is 0 Å². The lowest BCUT2D eigenvalue weighted by Gasteiger charge is -2.15. The molecule has 104 valence electrons. The number of aliphatic carboxylic acids is 1. The summed E-state index contributed by atoms with van der Waals surface area (Å²) in [6.07, 6.45) is 7.92. The maximum Gasteiger partial charge on any atom is 0.326 e. The summed E-state index contributed by atoms with van der Waals surface area (Å²) in [6.45, 7) is 5.99. The number of carboxylic acid groups (broad SMARTS) is 1. The lowest BCUT2D eigenvalue weighted by molar-refractivity contribution is -0.141. The van der Waals surface area contributed by atoms with Crippen LogP contribution in [0.4, 0.5) is 0 Å². The van der Waals surface area contributed by atoms with Gasteiger partial charge in [0, 0.05) is 0 Å². The number of carboxylic acids is 1. The zero-order chi connectivity index (χ0) is 14.0. The summed E-state index contributed by atoms with van der Waals surface area (Å²) >= 11 is 0. The molecule has 0 radical (unpaired) electrons. The van der Waals surface area contributed by atoms with E-state index < -0.39 is 12.0 Å². The maximum atomic E-state index is 11.5. The number of hydrogen-bond donors (Lipinski definition) is 2. The number of nitrogens with one attached hydrogen (secondary N) is 1. The average Bonchev–Trinajstić information content (AvgIpc) is 2.27. The Balaban J connectivity index is 4.05. The van der Waals surface area contributed by atoms with Crippen LogP contribution in [0, 0.1) is 5.92 Å². The highest BCUT2D eigenvalue weighted by molar-refractivity contribution is 5.91. The minimum atomic E-state index is -0.976. The number of allylic oxidation sites excluding steroid dienone is 1. The predicted octanol–water partition coefficient (Wildman–Crippen LogP) is 2.74. The molecule has 0 rings (SSSR count). The van der Waals surface area contributed by atoms with Crippen LogP contribution >= 0.6 is 0 Å². The zero-order valence-corrected chi connectivity index (χ0v) is 11.6.